The molecule has 288 valence electrons. The zero-order chi connectivity index (χ0) is 40.9. The molecule has 0 amide bonds. The minimum atomic E-state index is -4.83. The molecule has 6 aromatic rings. The molecule has 0 aromatic heterocycles. The molecule has 57 heavy (non-hydrogen) atoms. The summed E-state index contributed by atoms with van der Waals surface area (Å²) in [5, 5.41) is 59.4. The van der Waals surface area contributed by atoms with Crippen LogP contribution in [0.15, 0.2) is 127 Å². The molecule has 0 spiro atoms. The van der Waals surface area contributed by atoms with Gasteiger partial charge in [0.25, 0.3) is 11.4 Å². The second-order valence-electron chi connectivity index (χ2n) is 11.7. The van der Waals surface area contributed by atoms with E-state index >= 15 is 0 Å². The van der Waals surface area contributed by atoms with E-state index in [0.717, 1.165) is 12.1 Å². The predicted molar refractivity (Wildman–Crippen MR) is 206 cm³/mol. The normalized spacial score (nSPS) is 11.7. The number of benzene rings is 6. The third kappa shape index (κ3) is 9.87. The molecule has 0 saturated carbocycles. The summed E-state index contributed by atoms with van der Waals surface area (Å²) in [6.07, 6.45) is 0.841. The number of para-hydroxylation sites is 2. The van der Waals surface area contributed by atoms with Crippen molar-refractivity contribution in [1.29, 1.82) is 0 Å². The van der Waals surface area contributed by atoms with Crippen LogP contribution in [0.2, 0.25) is 0 Å². The van der Waals surface area contributed by atoms with Crippen molar-refractivity contribution in [3.05, 3.63) is 128 Å². The van der Waals surface area contributed by atoms with Crippen LogP contribution in [-0.4, -0.2) is 94.9 Å². The van der Waals surface area contributed by atoms with Crippen LogP contribution in [0.3, 0.4) is 0 Å². The minimum absolute atomic E-state index is 0. The van der Waals surface area contributed by atoms with Gasteiger partial charge in [-0.15, -0.1) is 20.5 Å². The van der Waals surface area contributed by atoms with Gasteiger partial charge < -0.3 is 19.3 Å². The molecule has 18 nitrogen and oxygen atoms in total. The molecule has 0 fully saturated rings. The average Bonchev–Trinajstić information content (AvgIpc) is 3.15. The van der Waals surface area contributed by atoms with E-state index < -0.39 is 51.4 Å². The van der Waals surface area contributed by atoms with Gasteiger partial charge in [0.05, 0.1) is 19.6 Å². The Kier molecular flexibility index (Phi) is 14.4. The minimum Gasteiger partial charge on any atom is -0.744 e. The van der Waals surface area contributed by atoms with Crippen LogP contribution < -0.4 is 0 Å². The van der Waals surface area contributed by atoms with E-state index in [1.807, 2.05) is 0 Å². The fraction of sp³-hybridized carbons (Fsp3) is 0.111. The van der Waals surface area contributed by atoms with Crippen LogP contribution in [-0.2, 0) is 33.1 Å². The van der Waals surface area contributed by atoms with Gasteiger partial charge in [0, 0.05) is 44.8 Å². The first-order valence-corrected chi connectivity index (χ1v) is 19.1. The van der Waals surface area contributed by atoms with Crippen LogP contribution in [0, 0.1) is 20.2 Å². The van der Waals surface area contributed by atoms with E-state index in [4.69, 9.17) is 0 Å². The molecule has 21 heteroatoms. The molecule has 6 aromatic carbocycles. The number of nitrogens with zero attached hydrogens (tertiary/aromatic N) is 6. The van der Waals surface area contributed by atoms with Gasteiger partial charge in [0.1, 0.15) is 43.1 Å². The van der Waals surface area contributed by atoms with E-state index in [2.05, 4.69) is 20.5 Å². The van der Waals surface area contributed by atoms with Crippen molar-refractivity contribution in [1.82, 2.24) is 0 Å². The van der Waals surface area contributed by atoms with Gasteiger partial charge in [0.2, 0.25) is 0 Å². The number of nitro benzene ring substituents is 2. The number of hydrogen-bond donors (Lipinski definition) is 2. The number of azo groups is 2. The Morgan fingerprint density at radius 2 is 0.877 bits per heavy atom. The number of aromatic hydroxyl groups is 2. The Hall–Kier alpha value is -5.17. The summed E-state index contributed by atoms with van der Waals surface area (Å²) >= 11 is 0. The molecule has 0 aliphatic heterocycles. The monoisotopic (exact) mass is 938 g/mol. The molecule has 0 bridgehead atoms. The van der Waals surface area contributed by atoms with Crippen molar-refractivity contribution in [3.8, 4) is 11.5 Å². The summed E-state index contributed by atoms with van der Waals surface area (Å²) in [7, 11) is -9.67. The fourth-order valence-corrected chi connectivity index (χ4v) is 7.17. The van der Waals surface area contributed by atoms with Gasteiger partial charge in [0.15, 0.2) is 11.4 Å². The van der Waals surface area contributed by atoms with Crippen molar-refractivity contribution in [2.45, 2.75) is 36.5 Å². The summed E-state index contributed by atoms with van der Waals surface area (Å²) < 4.78 is 68.9. The van der Waals surface area contributed by atoms with E-state index in [0.29, 0.717) is 24.0 Å². The maximum Gasteiger partial charge on any atom is 2.00 e. The fourth-order valence-electron chi connectivity index (χ4n) is 5.77. The second kappa shape index (κ2) is 18.4. The quantitative estimate of drug-likeness (QED) is 0.0431. The topological polar surface area (TPSA) is 291 Å². The molecular formula is C36H28BaN6O12S2. The predicted octanol–water partition coefficient (Wildman–Crippen LogP) is 8.29. The van der Waals surface area contributed by atoms with E-state index in [1.165, 1.54) is 48.5 Å². The third-order valence-corrected chi connectivity index (χ3v) is 10.0. The van der Waals surface area contributed by atoms with Crippen LogP contribution in [0.25, 0.3) is 21.5 Å². The third-order valence-electron chi connectivity index (χ3n) is 8.29. The first-order valence-electron chi connectivity index (χ1n) is 16.2. The first-order chi connectivity index (χ1) is 26.5. The molecule has 0 aliphatic rings. The maximum atomic E-state index is 11.5. The second-order valence-corrected chi connectivity index (χ2v) is 14.4. The number of phenolic OH excluding ortho intramolecular Hbond substituents is 2. The standard InChI is InChI=1S/2C18H15N3O6S.Ba/c2*1-2-11-6-5-9-14(18(11)21(23)24)19-20-17-13-8-4-3-7-12(13)16(10-15(17)22)28(25,26)27;/h2*3-10,22H,2H2,1H3,(H,25,26,27);/q;;+2/p-2. The Morgan fingerprint density at radius 1 is 0.544 bits per heavy atom. The largest absolute Gasteiger partial charge is 2.00 e. The van der Waals surface area contributed by atoms with E-state index in [1.54, 1.807) is 50.2 Å². The molecule has 0 unspecified atom stereocenters. The summed E-state index contributed by atoms with van der Waals surface area (Å²) in [5.74, 6) is -1.16. The summed E-state index contributed by atoms with van der Waals surface area (Å²) in [4.78, 5) is 20.5. The van der Waals surface area contributed by atoms with Gasteiger partial charge in [-0.3, -0.25) is 20.2 Å². The van der Waals surface area contributed by atoms with Crippen molar-refractivity contribution < 1.29 is 46.0 Å². The molecule has 0 aliphatic carbocycles. The number of phenols is 2. The molecule has 0 heterocycles. The van der Waals surface area contributed by atoms with Gasteiger partial charge >= 0.3 is 48.9 Å². The van der Waals surface area contributed by atoms with Crippen LogP contribution >= 0.6 is 0 Å². The van der Waals surface area contributed by atoms with E-state index in [9.17, 15) is 56.4 Å². The Balaban J connectivity index is 0.000000248. The van der Waals surface area contributed by atoms with Crippen LogP contribution in [0.5, 0.6) is 11.5 Å². The van der Waals surface area contributed by atoms with Gasteiger partial charge in [-0.1, -0.05) is 86.6 Å². The van der Waals surface area contributed by atoms with Crippen LogP contribution in [0.1, 0.15) is 25.0 Å². The maximum absolute atomic E-state index is 11.5. The number of rotatable bonds is 10. The Labute approximate surface area is 364 Å². The number of fused-ring (bicyclic) bond motifs is 2. The molecule has 6 rings (SSSR count). The van der Waals surface area contributed by atoms with Crippen molar-refractivity contribution in [3.63, 3.8) is 0 Å². The molecule has 0 radical (unpaired) electrons. The summed E-state index contributed by atoms with van der Waals surface area (Å²) in [6, 6.07) is 22.8. The van der Waals surface area contributed by atoms with Crippen LogP contribution in [0.4, 0.5) is 34.1 Å². The van der Waals surface area contributed by atoms with Crippen molar-refractivity contribution >= 4 is 125 Å². The van der Waals surface area contributed by atoms with Gasteiger partial charge in [-0.25, -0.2) is 16.8 Å². The number of aryl methyl sites for hydroxylation is 2. The zero-order valence-corrected chi connectivity index (χ0v) is 35.9. The van der Waals surface area contributed by atoms with Crippen molar-refractivity contribution in [2.24, 2.45) is 20.5 Å². The molecule has 0 atom stereocenters. The average molecular weight is 938 g/mol. The zero-order valence-electron chi connectivity index (χ0n) is 29.8. The Morgan fingerprint density at radius 3 is 1.18 bits per heavy atom. The molecule has 0 saturated heterocycles. The van der Waals surface area contributed by atoms with Gasteiger partial charge in [-0.2, -0.15) is 0 Å². The molecular weight excluding hydrogens is 910 g/mol. The Bertz CT molecular complexity index is 2640. The summed E-state index contributed by atoms with van der Waals surface area (Å²) in [6.45, 7) is 3.54. The van der Waals surface area contributed by atoms with Gasteiger partial charge in [-0.05, 0) is 25.0 Å². The molecule has 2 N–H and O–H groups in total. The smallest absolute Gasteiger partial charge is 0.744 e. The first kappa shape index (κ1) is 44.5. The van der Waals surface area contributed by atoms with Crippen molar-refractivity contribution in [2.75, 3.05) is 0 Å². The SMILES string of the molecule is CCc1cccc(N=Nc2c(O)cc(S(=O)(=O)[O-])c3ccccc23)c1[N+](=O)[O-].CCc1cccc(N=Nc2c(O)cc(S(=O)(=O)[O-])c3ccccc23)c1[N+](=O)[O-].[Ba+2]. The number of hydrogen-bond acceptors (Lipinski definition) is 16. The summed E-state index contributed by atoms with van der Waals surface area (Å²) in [5.41, 5.74) is 0.347. The van der Waals surface area contributed by atoms with E-state index in [-0.39, 0.29) is 105 Å². The number of nitro groups is 2.